The average Bonchev–Trinajstić information content (AvgIpc) is 3.14. The molecule has 15 heteroatoms. The Morgan fingerprint density at radius 2 is 1.38 bits per heavy atom. The molecule has 4 rings (SSSR count). The van der Waals surface area contributed by atoms with Crippen LogP contribution in [0.2, 0.25) is 0 Å². The molecule has 0 heterocycles. The minimum Gasteiger partial charge on any atom is -0.492 e. The highest BCUT2D eigenvalue weighted by Crippen LogP contribution is 2.42. The fraction of sp³-hybridized carbons (Fsp3) is 0.211. The summed E-state index contributed by atoms with van der Waals surface area (Å²) in [6.07, 6.45) is 1.12. The van der Waals surface area contributed by atoms with Crippen LogP contribution >= 0.6 is 31.9 Å². The summed E-state index contributed by atoms with van der Waals surface area (Å²) in [6.45, 7) is 5.44. The van der Waals surface area contributed by atoms with Crippen molar-refractivity contribution in [1.29, 1.82) is 0 Å². The highest BCUT2D eigenvalue weighted by molar-refractivity contribution is 9.11. The van der Waals surface area contributed by atoms with E-state index in [1.807, 2.05) is 60.7 Å². The summed E-state index contributed by atoms with van der Waals surface area (Å²) in [5.41, 5.74) is 1.80. The van der Waals surface area contributed by atoms with Crippen LogP contribution in [0.5, 0.6) is 17.2 Å². The van der Waals surface area contributed by atoms with Gasteiger partial charge in [0.15, 0.2) is 22.9 Å². The minimum atomic E-state index is -0.778. The minimum absolute atomic E-state index is 0.0289. The third-order valence-corrected chi connectivity index (χ3v) is 8.34. The van der Waals surface area contributed by atoms with Crippen LogP contribution in [0.25, 0.3) is 0 Å². The number of nitro groups is 1. The topological polar surface area (TPSA) is 157 Å². The van der Waals surface area contributed by atoms with Crippen molar-refractivity contribution in [3.63, 3.8) is 0 Å². The second-order valence-electron chi connectivity index (χ2n) is 10.9. The first-order valence-corrected chi connectivity index (χ1v) is 17.6. The lowest BCUT2D eigenvalue weighted by Gasteiger charge is -2.16. The van der Waals surface area contributed by atoms with Crippen LogP contribution in [0.3, 0.4) is 0 Å². The number of benzene rings is 4. The number of nitro benzene ring substituents is 1. The van der Waals surface area contributed by atoms with E-state index in [0.29, 0.717) is 14.5 Å². The van der Waals surface area contributed by atoms with Gasteiger partial charge in [0.25, 0.3) is 5.69 Å². The lowest BCUT2D eigenvalue weighted by molar-refractivity contribution is -0.385. The molecule has 0 saturated heterocycles. The Hall–Kier alpha value is -5.54. The first kappa shape index (κ1) is 40.2. The lowest BCUT2D eigenvalue weighted by Crippen LogP contribution is -2.21. The molecular formula is C38H35Br2N3O10. The molecule has 0 amide bonds. The molecule has 0 aliphatic carbocycles. The predicted molar refractivity (Wildman–Crippen MR) is 204 cm³/mol. The zero-order chi connectivity index (χ0) is 38.2. The van der Waals surface area contributed by atoms with Crippen molar-refractivity contribution in [3.8, 4) is 17.2 Å². The van der Waals surface area contributed by atoms with Gasteiger partial charge in [-0.3, -0.25) is 10.1 Å². The monoisotopic (exact) mass is 851 g/mol. The Bertz CT molecular complexity index is 1970. The summed E-state index contributed by atoms with van der Waals surface area (Å²) in [7, 11) is 1.43. The first-order chi connectivity index (χ1) is 25.6. The Labute approximate surface area is 322 Å². The molecule has 0 aliphatic heterocycles. The Kier molecular flexibility index (Phi) is 15.6. The number of halogens is 2. The van der Waals surface area contributed by atoms with Crippen molar-refractivity contribution >= 4 is 60.9 Å². The van der Waals surface area contributed by atoms with Gasteiger partial charge < -0.3 is 28.6 Å². The summed E-state index contributed by atoms with van der Waals surface area (Å²) < 4.78 is 22.9. The molecule has 0 saturated carbocycles. The number of hydrogen-bond acceptors (Lipinski definition) is 12. The molecule has 0 bridgehead atoms. The number of carbonyl (C=O) groups is 2. The van der Waals surface area contributed by atoms with E-state index < -0.39 is 16.9 Å². The number of oxime groups is 2. The van der Waals surface area contributed by atoms with Gasteiger partial charge in [-0.25, -0.2) is 9.59 Å². The summed E-state index contributed by atoms with van der Waals surface area (Å²) in [6, 6.07) is 24.5. The molecule has 0 N–H and O–H groups in total. The number of rotatable bonds is 19. The maximum Gasteiger partial charge on any atom is 0.356 e. The fourth-order valence-corrected chi connectivity index (χ4v) is 5.82. The summed E-state index contributed by atoms with van der Waals surface area (Å²) in [5.74, 6) is -1.00. The van der Waals surface area contributed by atoms with Crippen molar-refractivity contribution in [2.45, 2.75) is 33.0 Å². The van der Waals surface area contributed by atoms with Crippen LogP contribution in [-0.4, -0.2) is 48.6 Å². The lowest BCUT2D eigenvalue weighted by atomic mass is 10.1. The molecule has 0 radical (unpaired) electrons. The van der Waals surface area contributed by atoms with E-state index in [0.717, 1.165) is 11.1 Å². The van der Waals surface area contributed by atoms with E-state index in [1.54, 1.807) is 19.1 Å². The van der Waals surface area contributed by atoms with Crippen LogP contribution in [0.1, 0.15) is 29.2 Å². The molecule has 4 aromatic rings. The SMILES string of the molecule is C=CCOC(=O)/C(Cc1cc(Br)c(OC)c(Oc2cc([N+](=O)[O-])c(C/C(=N\OCc3ccccc3)C(=O)OCC)cc2Br)c1)=N\OCc1ccccc1. The molecule has 13 nitrogen and oxygen atoms in total. The average molecular weight is 854 g/mol. The van der Waals surface area contributed by atoms with Gasteiger partial charge in [0.2, 0.25) is 0 Å². The molecule has 0 aliphatic rings. The Balaban J connectivity index is 1.63. The largest absolute Gasteiger partial charge is 0.492 e. The Morgan fingerprint density at radius 3 is 1.92 bits per heavy atom. The van der Waals surface area contributed by atoms with Gasteiger partial charge in [0.05, 0.1) is 33.7 Å². The van der Waals surface area contributed by atoms with Crippen molar-refractivity contribution in [2.75, 3.05) is 20.3 Å². The third-order valence-electron chi connectivity index (χ3n) is 7.13. The summed E-state index contributed by atoms with van der Waals surface area (Å²) in [5, 5.41) is 20.4. The zero-order valence-corrected chi connectivity index (χ0v) is 32.0. The van der Waals surface area contributed by atoms with E-state index in [9.17, 15) is 19.7 Å². The van der Waals surface area contributed by atoms with Crippen LogP contribution in [0.4, 0.5) is 5.69 Å². The molecule has 0 aromatic heterocycles. The zero-order valence-electron chi connectivity index (χ0n) is 28.8. The molecule has 0 atom stereocenters. The van der Waals surface area contributed by atoms with Crippen LogP contribution < -0.4 is 9.47 Å². The van der Waals surface area contributed by atoms with Gasteiger partial charge in [-0.1, -0.05) is 83.6 Å². The molecule has 0 spiro atoms. The first-order valence-electron chi connectivity index (χ1n) is 16.0. The number of esters is 2. The van der Waals surface area contributed by atoms with Crippen LogP contribution in [-0.2, 0) is 54.8 Å². The second kappa shape index (κ2) is 20.5. The van der Waals surface area contributed by atoms with Gasteiger partial charge in [-0.2, -0.15) is 0 Å². The van der Waals surface area contributed by atoms with Crippen LogP contribution in [0.15, 0.2) is 117 Å². The van der Waals surface area contributed by atoms with E-state index in [-0.39, 0.29) is 79.2 Å². The smallest absolute Gasteiger partial charge is 0.356 e. The number of hydrogen-bond donors (Lipinski definition) is 0. The molecule has 53 heavy (non-hydrogen) atoms. The number of nitrogens with zero attached hydrogens (tertiary/aromatic N) is 3. The molecule has 0 unspecified atom stereocenters. The van der Waals surface area contributed by atoms with Gasteiger partial charge in [-0.15, -0.1) is 0 Å². The predicted octanol–water partition coefficient (Wildman–Crippen LogP) is 8.44. The second-order valence-corrected chi connectivity index (χ2v) is 12.6. The van der Waals surface area contributed by atoms with Gasteiger partial charge in [-0.05, 0) is 73.7 Å². The van der Waals surface area contributed by atoms with Gasteiger partial charge >= 0.3 is 11.9 Å². The molecule has 276 valence electrons. The fourth-order valence-electron chi connectivity index (χ4n) is 4.70. The van der Waals surface area contributed by atoms with Crippen molar-refractivity contribution in [1.82, 2.24) is 0 Å². The van der Waals surface area contributed by atoms with E-state index in [1.165, 1.54) is 25.3 Å². The van der Waals surface area contributed by atoms with Crippen molar-refractivity contribution < 1.29 is 43.1 Å². The highest BCUT2D eigenvalue weighted by atomic mass is 79.9. The quantitative estimate of drug-likeness (QED) is 0.0295. The van der Waals surface area contributed by atoms with Crippen molar-refractivity contribution in [2.24, 2.45) is 10.3 Å². The molecule has 4 aromatic carbocycles. The molecule has 0 fully saturated rings. The maximum absolute atomic E-state index is 12.9. The molecular weight excluding hydrogens is 818 g/mol. The third kappa shape index (κ3) is 12.0. The normalized spacial score (nSPS) is 11.3. The van der Waals surface area contributed by atoms with E-state index in [4.69, 9.17) is 28.6 Å². The number of methoxy groups -OCH3 is 1. The summed E-state index contributed by atoms with van der Waals surface area (Å²) >= 11 is 6.94. The van der Waals surface area contributed by atoms with E-state index >= 15 is 0 Å². The van der Waals surface area contributed by atoms with Gasteiger partial charge in [0, 0.05) is 18.4 Å². The Morgan fingerprint density at radius 1 is 0.792 bits per heavy atom. The van der Waals surface area contributed by atoms with E-state index in [2.05, 4.69) is 48.8 Å². The summed E-state index contributed by atoms with van der Waals surface area (Å²) in [4.78, 5) is 48.3. The standard InChI is InChI=1S/C38H35Br2N3O10/c1-4-16-50-38(45)31(41-51-23-25-12-8-6-9-13-25)18-27-17-30(40)36(48-3)35(19-27)53-34-22-33(43(46)47)28(20-29(34)39)21-32(37(44)49-5-2)42-52-24-26-14-10-7-11-15-26/h4,6-15,17,19-20,22H,1,5,16,18,21,23-24H2,2-3H3/b41-31-,42-32+. The maximum atomic E-state index is 12.9. The number of ether oxygens (including phenoxy) is 4. The number of carbonyl (C=O) groups excluding carboxylic acids is 2. The van der Waals surface area contributed by atoms with Crippen LogP contribution in [0, 0.1) is 10.1 Å². The van der Waals surface area contributed by atoms with Crippen molar-refractivity contribution in [3.05, 3.63) is 139 Å². The highest BCUT2D eigenvalue weighted by Gasteiger charge is 2.25. The van der Waals surface area contributed by atoms with Gasteiger partial charge in [0.1, 0.15) is 25.6 Å².